The maximum Gasteiger partial charge on any atom is 0.251 e. The van der Waals surface area contributed by atoms with E-state index in [0.717, 1.165) is 38.2 Å². The van der Waals surface area contributed by atoms with E-state index in [4.69, 9.17) is 4.74 Å². The highest BCUT2D eigenvalue weighted by molar-refractivity contribution is 14.1. The van der Waals surface area contributed by atoms with Gasteiger partial charge >= 0.3 is 0 Å². The largest absolute Gasteiger partial charge is 0.494 e. The highest BCUT2D eigenvalue weighted by Crippen LogP contribution is 2.12. The molecule has 1 amide bonds. The van der Waals surface area contributed by atoms with Crippen LogP contribution < -0.4 is 10.1 Å². The molecule has 1 rings (SSSR count). The first-order valence-electron chi connectivity index (χ1n) is 7.85. The van der Waals surface area contributed by atoms with Gasteiger partial charge in [-0.2, -0.15) is 0 Å². The smallest absolute Gasteiger partial charge is 0.251 e. The molecule has 1 aromatic carbocycles. The van der Waals surface area contributed by atoms with Crippen LogP contribution in [-0.4, -0.2) is 23.5 Å². The van der Waals surface area contributed by atoms with E-state index >= 15 is 0 Å². The molecular weight excluding hydrogens is 377 g/mol. The molecule has 21 heavy (non-hydrogen) atoms. The normalized spacial score (nSPS) is 10.4. The van der Waals surface area contributed by atoms with Gasteiger partial charge in [-0.3, -0.25) is 4.79 Å². The van der Waals surface area contributed by atoms with E-state index in [1.54, 1.807) is 0 Å². The minimum atomic E-state index is 0.00370. The first-order chi connectivity index (χ1) is 10.3. The number of hydrogen-bond acceptors (Lipinski definition) is 2. The number of amides is 1. The first-order valence-corrected chi connectivity index (χ1v) is 9.37. The Bertz CT molecular complexity index is 392. The maximum absolute atomic E-state index is 12.0. The molecule has 0 fully saturated rings. The van der Waals surface area contributed by atoms with E-state index in [1.165, 1.54) is 23.7 Å². The number of hydrogen-bond donors (Lipinski definition) is 1. The third-order valence-electron chi connectivity index (χ3n) is 3.23. The Kier molecular flexibility index (Phi) is 10.3. The number of halogens is 1. The molecule has 1 aromatic rings. The summed E-state index contributed by atoms with van der Waals surface area (Å²) in [4.78, 5) is 12.0. The second-order valence-corrected chi connectivity index (χ2v) is 6.16. The maximum atomic E-state index is 12.0. The van der Waals surface area contributed by atoms with Gasteiger partial charge in [-0.1, -0.05) is 48.8 Å². The fourth-order valence-electron chi connectivity index (χ4n) is 1.91. The zero-order valence-electron chi connectivity index (χ0n) is 12.9. The minimum Gasteiger partial charge on any atom is -0.494 e. The van der Waals surface area contributed by atoms with E-state index in [0.29, 0.717) is 5.56 Å². The lowest BCUT2D eigenvalue weighted by molar-refractivity contribution is 0.0953. The van der Waals surface area contributed by atoms with E-state index in [-0.39, 0.29) is 5.91 Å². The summed E-state index contributed by atoms with van der Waals surface area (Å²) in [5, 5.41) is 2.97. The molecule has 0 radical (unpaired) electrons. The van der Waals surface area contributed by atoms with Gasteiger partial charge in [-0.15, -0.1) is 0 Å². The molecule has 3 nitrogen and oxygen atoms in total. The second-order valence-electron chi connectivity index (χ2n) is 5.09. The summed E-state index contributed by atoms with van der Waals surface area (Å²) in [6, 6.07) is 7.38. The number of carbonyl (C=O) groups excluding carboxylic acids is 1. The van der Waals surface area contributed by atoms with Gasteiger partial charge < -0.3 is 10.1 Å². The molecule has 0 atom stereocenters. The van der Waals surface area contributed by atoms with Gasteiger partial charge in [0.1, 0.15) is 5.75 Å². The van der Waals surface area contributed by atoms with Gasteiger partial charge in [0.2, 0.25) is 0 Å². The molecule has 0 spiro atoms. The van der Waals surface area contributed by atoms with Crippen molar-refractivity contribution in [3.05, 3.63) is 29.8 Å². The van der Waals surface area contributed by atoms with E-state index in [2.05, 4.69) is 34.8 Å². The van der Waals surface area contributed by atoms with Crippen molar-refractivity contribution in [2.45, 2.75) is 45.4 Å². The van der Waals surface area contributed by atoms with Crippen LogP contribution in [0.5, 0.6) is 5.75 Å². The van der Waals surface area contributed by atoms with Crippen molar-refractivity contribution in [1.82, 2.24) is 5.32 Å². The third-order valence-corrected chi connectivity index (χ3v) is 3.99. The molecule has 4 heteroatoms. The number of benzene rings is 1. The molecule has 0 aromatic heterocycles. The summed E-state index contributed by atoms with van der Waals surface area (Å²) in [7, 11) is 0. The van der Waals surface area contributed by atoms with E-state index < -0.39 is 0 Å². The predicted octanol–water partition coefficient (Wildman–Crippen LogP) is 4.59. The quantitative estimate of drug-likeness (QED) is 0.334. The van der Waals surface area contributed by atoms with Crippen LogP contribution in [0, 0.1) is 0 Å². The standard InChI is InChI=1S/C17H26INO2/c1-2-3-14-21-16-10-8-15(9-11-16)17(20)19-13-7-5-4-6-12-18/h8-11H,2-7,12-14H2,1H3,(H,19,20). The summed E-state index contributed by atoms with van der Waals surface area (Å²) >= 11 is 2.40. The number of nitrogens with one attached hydrogen (secondary N) is 1. The Balaban J connectivity index is 2.24. The molecular formula is C17H26INO2. The molecule has 1 N–H and O–H groups in total. The average molecular weight is 403 g/mol. The summed E-state index contributed by atoms with van der Waals surface area (Å²) in [5.74, 6) is 0.836. The van der Waals surface area contributed by atoms with Crippen LogP contribution in [0.2, 0.25) is 0 Å². The topological polar surface area (TPSA) is 38.3 Å². The average Bonchev–Trinajstić information content (AvgIpc) is 2.51. The summed E-state index contributed by atoms with van der Waals surface area (Å²) < 4.78 is 6.80. The summed E-state index contributed by atoms with van der Waals surface area (Å²) in [6.45, 7) is 3.63. The molecule has 0 saturated carbocycles. The Morgan fingerprint density at radius 1 is 1.10 bits per heavy atom. The van der Waals surface area contributed by atoms with Crippen LogP contribution in [0.25, 0.3) is 0 Å². The van der Waals surface area contributed by atoms with Crippen LogP contribution in [0.4, 0.5) is 0 Å². The molecule has 0 heterocycles. The van der Waals surface area contributed by atoms with Gasteiger partial charge in [-0.25, -0.2) is 0 Å². The zero-order valence-corrected chi connectivity index (χ0v) is 15.0. The Hall–Kier alpha value is -0.780. The SMILES string of the molecule is CCCCOc1ccc(C(=O)NCCCCCCI)cc1. The summed E-state index contributed by atoms with van der Waals surface area (Å²) in [6.07, 6.45) is 6.95. The van der Waals surface area contributed by atoms with Crippen LogP contribution in [-0.2, 0) is 0 Å². The lowest BCUT2D eigenvalue weighted by Gasteiger charge is -2.07. The number of ether oxygens (including phenoxy) is 1. The monoisotopic (exact) mass is 403 g/mol. The number of carbonyl (C=O) groups is 1. The Morgan fingerprint density at radius 3 is 2.48 bits per heavy atom. The second kappa shape index (κ2) is 11.8. The van der Waals surface area contributed by atoms with Crippen molar-refractivity contribution < 1.29 is 9.53 Å². The van der Waals surface area contributed by atoms with E-state index in [1.807, 2.05) is 24.3 Å². The predicted molar refractivity (Wildman–Crippen MR) is 96.5 cm³/mol. The Labute approximate surface area is 142 Å². The lowest BCUT2D eigenvalue weighted by Crippen LogP contribution is -2.24. The number of rotatable bonds is 11. The van der Waals surface area contributed by atoms with Gasteiger partial charge in [0.15, 0.2) is 0 Å². The van der Waals surface area contributed by atoms with Crippen LogP contribution >= 0.6 is 22.6 Å². The van der Waals surface area contributed by atoms with Gasteiger partial charge in [0, 0.05) is 12.1 Å². The van der Waals surface area contributed by atoms with Crippen LogP contribution in [0.3, 0.4) is 0 Å². The van der Waals surface area contributed by atoms with Crippen molar-refractivity contribution in [3.63, 3.8) is 0 Å². The lowest BCUT2D eigenvalue weighted by atomic mass is 10.2. The van der Waals surface area contributed by atoms with Crippen LogP contribution in [0.1, 0.15) is 55.8 Å². The molecule has 0 aliphatic heterocycles. The molecule has 0 aliphatic carbocycles. The highest BCUT2D eigenvalue weighted by Gasteiger charge is 2.04. The zero-order chi connectivity index (χ0) is 15.3. The van der Waals surface area contributed by atoms with Gasteiger partial charge in [0.25, 0.3) is 5.91 Å². The van der Waals surface area contributed by atoms with Gasteiger partial charge in [-0.05, 0) is 48.0 Å². The highest BCUT2D eigenvalue weighted by atomic mass is 127. The minimum absolute atomic E-state index is 0.00370. The third kappa shape index (κ3) is 8.29. The van der Waals surface area contributed by atoms with Crippen molar-refractivity contribution in [2.75, 3.05) is 17.6 Å². The number of alkyl halides is 1. The molecule has 118 valence electrons. The Morgan fingerprint density at radius 2 is 1.81 bits per heavy atom. The van der Waals surface area contributed by atoms with E-state index in [9.17, 15) is 4.79 Å². The number of unbranched alkanes of at least 4 members (excludes halogenated alkanes) is 4. The molecule has 0 saturated heterocycles. The van der Waals surface area contributed by atoms with Crippen molar-refractivity contribution in [3.8, 4) is 5.75 Å². The molecule has 0 bridgehead atoms. The summed E-state index contributed by atoms with van der Waals surface area (Å²) in [5.41, 5.74) is 0.699. The fourth-order valence-corrected chi connectivity index (χ4v) is 2.45. The van der Waals surface area contributed by atoms with Crippen molar-refractivity contribution in [1.29, 1.82) is 0 Å². The van der Waals surface area contributed by atoms with Crippen molar-refractivity contribution in [2.24, 2.45) is 0 Å². The first kappa shape index (κ1) is 18.3. The fraction of sp³-hybridized carbons (Fsp3) is 0.588. The van der Waals surface area contributed by atoms with Crippen LogP contribution in [0.15, 0.2) is 24.3 Å². The molecule has 0 unspecified atom stereocenters. The van der Waals surface area contributed by atoms with Gasteiger partial charge in [0.05, 0.1) is 6.61 Å². The van der Waals surface area contributed by atoms with Crippen molar-refractivity contribution >= 4 is 28.5 Å². The molecule has 0 aliphatic rings.